The summed E-state index contributed by atoms with van der Waals surface area (Å²) < 4.78 is 57.3. The maximum Gasteiger partial charge on any atom is 0.501 e. The molecule has 9 heteroatoms. The highest BCUT2D eigenvalue weighted by atomic mass is 28.4. The maximum atomic E-state index is 14.6. The number of hydrogen-bond acceptors (Lipinski definition) is 6. The van der Waals surface area contributed by atoms with E-state index in [0.29, 0.717) is 36.7 Å². The summed E-state index contributed by atoms with van der Waals surface area (Å²) in [6.07, 6.45) is -3.57. The molecule has 0 aliphatic heterocycles. The van der Waals surface area contributed by atoms with Crippen molar-refractivity contribution < 1.29 is 31.2 Å². The second-order valence-electron chi connectivity index (χ2n) is 8.20. The van der Waals surface area contributed by atoms with Gasteiger partial charge in [-0.15, -0.1) is 0 Å². The summed E-state index contributed by atoms with van der Waals surface area (Å²) in [6.45, 7) is 6.59. The smallest absolute Gasteiger partial charge is 0.493 e. The first-order valence-corrected chi connectivity index (χ1v) is 14.3. The first-order chi connectivity index (χ1) is 17.4. The highest BCUT2D eigenvalue weighted by Gasteiger charge is 2.41. The van der Waals surface area contributed by atoms with E-state index in [-0.39, 0.29) is 25.5 Å². The van der Waals surface area contributed by atoms with E-state index in [9.17, 15) is 13.6 Å². The molecule has 196 valence electrons. The van der Waals surface area contributed by atoms with Crippen LogP contribution in [0.25, 0.3) is 22.1 Å². The van der Waals surface area contributed by atoms with E-state index in [2.05, 4.69) is 0 Å². The van der Waals surface area contributed by atoms with Crippen LogP contribution in [0.4, 0.5) is 8.78 Å². The van der Waals surface area contributed by atoms with Crippen molar-refractivity contribution in [3.63, 3.8) is 0 Å². The second-order valence-corrected chi connectivity index (χ2v) is 10.9. The number of rotatable bonds is 15. The van der Waals surface area contributed by atoms with Gasteiger partial charge in [-0.25, -0.2) is 13.6 Å². The Morgan fingerprint density at radius 2 is 1.50 bits per heavy atom. The lowest BCUT2D eigenvalue weighted by molar-refractivity contribution is 0.0646. The lowest BCUT2D eigenvalue weighted by Crippen LogP contribution is -2.46. The standard InChI is InChI=1S/C27H34F2O6Si/c1-4-32-36(33-5-2,34-6-3)17-15-25(29)24(28)14-16-31-22-13-12-21-18-23(20-10-8-7-9-11-20)27(30)35-26(21)19-22/h7-13,18-19,24-25H,4-6,14-17H2,1-3H3. The van der Waals surface area contributed by atoms with Gasteiger partial charge in [0, 0.05) is 43.7 Å². The third kappa shape index (κ3) is 7.46. The number of fused-ring (bicyclic) bond motifs is 1. The van der Waals surface area contributed by atoms with Gasteiger partial charge in [0.15, 0.2) is 0 Å². The summed E-state index contributed by atoms with van der Waals surface area (Å²) in [6, 6.07) is 16.3. The molecule has 2 atom stereocenters. The Balaban J connectivity index is 1.56. The van der Waals surface area contributed by atoms with Crippen LogP contribution >= 0.6 is 0 Å². The first-order valence-electron chi connectivity index (χ1n) is 12.4. The molecular weight excluding hydrogens is 486 g/mol. The minimum absolute atomic E-state index is 0.0234. The van der Waals surface area contributed by atoms with Gasteiger partial charge in [0.05, 0.1) is 12.2 Å². The average Bonchev–Trinajstić information content (AvgIpc) is 2.87. The zero-order valence-corrected chi connectivity index (χ0v) is 22.0. The zero-order chi connectivity index (χ0) is 26.0. The van der Waals surface area contributed by atoms with Crippen LogP contribution < -0.4 is 10.4 Å². The fourth-order valence-corrected chi connectivity index (χ4v) is 6.60. The van der Waals surface area contributed by atoms with Crippen LogP contribution in [0.5, 0.6) is 5.75 Å². The van der Waals surface area contributed by atoms with Crippen molar-refractivity contribution in [1.29, 1.82) is 0 Å². The summed E-state index contributed by atoms with van der Waals surface area (Å²) in [5.74, 6) is 0.413. The van der Waals surface area contributed by atoms with Gasteiger partial charge in [-0.1, -0.05) is 30.3 Å². The minimum atomic E-state index is -3.02. The maximum absolute atomic E-state index is 14.6. The van der Waals surface area contributed by atoms with Gasteiger partial charge < -0.3 is 22.4 Å². The molecule has 0 spiro atoms. The van der Waals surface area contributed by atoms with E-state index in [1.165, 1.54) is 0 Å². The van der Waals surface area contributed by atoms with Crippen molar-refractivity contribution in [2.24, 2.45) is 0 Å². The Hall–Kier alpha value is -2.59. The van der Waals surface area contributed by atoms with Gasteiger partial charge in [0.1, 0.15) is 23.7 Å². The summed E-state index contributed by atoms with van der Waals surface area (Å²) in [5.41, 5.74) is 1.14. The molecule has 3 rings (SSSR count). The molecule has 1 aromatic heterocycles. The lowest BCUT2D eigenvalue weighted by Gasteiger charge is -2.29. The fourth-order valence-electron chi connectivity index (χ4n) is 3.97. The van der Waals surface area contributed by atoms with Gasteiger partial charge in [-0.3, -0.25) is 0 Å². The molecule has 0 saturated carbocycles. The normalized spacial score (nSPS) is 13.6. The van der Waals surface area contributed by atoms with Gasteiger partial charge in [0.2, 0.25) is 0 Å². The van der Waals surface area contributed by atoms with E-state index in [1.54, 1.807) is 24.3 Å². The largest absolute Gasteiger partial charge is 0.501 e. The molecule has 3 aromatic rings. The van der Waals surface area contributed by atoms with Crippen LogP contribution in [0.1, 0.15) is 33.6 Å². The molecule has 0 amide bonds. The Bertz CT molecular complexity index is 1120. The van der Waals surface area contributed by atoms with Crippen molar-refractivity contribution in [2.45, 2.75) is 52.0 Å². The molecule has 0 aliphatic carbocycles. The predicted octanol–water partition coefficient (Wildman–Crippen LogP) is 6.34. The van der Waals surface area contributed by atoms with Gasteiger partial charge in [-0.2, -0.15) is 0 Å². The second kappa shape index (κ2) is 13.6. The first kappa shape index (κ1) is 28.0. The van der Waals surface area contributed by atoms with E-state index in [4.69, 9.17) is 22.4 Å². The van der Waals surface area contributed by atoms with Crippen molar-refractivity contribution >= 4 is 19.8 Å². The topological polar surface area (TPSA) is 67.1 Å². The molecule has 0 aliphatic rings. The summed E-state index contributed by atoms with van der Waals surface area (Å²) in [4.78, 5) is 12.5. The van der Waals surface area contributed by atoms with E-state index in [1.807, 2.05) is 51.1 Å². The molecule has 1 heterocycles. The van der Waals surface area contributed by atoms with Crippen molar-refractivity contribution in [3.05, 3.63) is 65.0 Å². The Morgan fingerprint density at radius 1 is 0.861 bits per heavy atom. The van der Waals surface area contributed by atoms with Crippen LogP contribution in [0.2, 0.25) is 6.04 Å². The highest BCUT2D eigenvalue weighted by Crippen LogP contribution is 2.26. The number of halogens is 2. The van der Waals surface area contributed by atoms with Crippen LogP contribution in [-0.4, -0.2) is 47.6 Å². The Morgan fingerprint density at radius 3 is 2.14 bits per heavy atom. The SMILES string of the molecule is CCO[Si](CCC(F)C(F)CCOc1ccc2cc(-c3ccccc3)c(=O)oc2c1)(OCC)OCC. The van der Waals surface area contributed by atoms with Crippen LogP contribution in [0, 0.1) is 0 Å². The van der Waals surface area contributed by atoms with Crippen LogP contribution in [0.15, 0.2) is 63.8 Å². The summed E-state index contributed by atoms with van der Waals surface area (Å²) in [5, 5.41) is 0.735. The summed E-state index contributed by atoms with van der Waals surface area (Å²) in [7, 11) is -3.02. The number of ether oxygens (including phenoxy) is 1. The highest BCUT2D eigenvalue weighted by molar-refractivity contribution is 6.60. The van der Waals surface area contributed by atoms with Crippen LogP contribution in [0.3, 0.4) is 0 Å². The molecule has 0 saturated heterocycles. The number of benzene rings is 2. The third-order valence-corrected chi connectivity index (χ3v) is 8.75. The molecule has 0 N–H and O–H groups in total. The van der Waals surface area contributed by atoms with Crippen molar-refractivity contribution in [1.82, 2.24) is 0 Å². The monoisotopic (exact) mass is 520 g/mol. The van der Waals surface area contributed by atoms with Gasteiger partial charge >= 0.3 is 14.4 Å². The van der Waals surface area contributed by atoms with Crippen LogP contribution in [-0.2, 0) is 13.3 Å². The average molecular weight is 521 g/mol. The Labute approximate surface area is 211 Å². The molecule has 6 nitrogen and oxygen atoms in total. The fraction of sp³-hybridized carbons (Fsp3) is 0.444. The number of alkyl halides is 2. The van der Waals surface area contributed by atoms with E-state index >= 15 is 0 Å². The molecule has 0 bridgehead atoms. The van der Waals surface area contributed by atoms with E-state index < -0.39 is 26.8 Å². The molecule has 0 radical (unpaired) electrons. The van der Waals surface area contributed by atoms with Crippen molar-refractivity contribution in [2.75, 3.05) is 26.4 Å². The summed E-state index contributed by atoms with van der Waals surface area (Å²) >= 11 is 0. The quantitative estimate of drug-likeness (QED) is 0.172. The minimum Gasteiger partial charge on any atom is -0.493 e. The van der Waals surface area contributed by atoms with E-state index in [0.717, 1.165) is 10.9 Å². The Kier molecular flexibility index (Phi) is 10.6. The zero-order valence-electron chi connectivity index (χ0n) is 21.0. The third-order valence-electron chi connectivity index (χ3n) is 5.67. The molecular formula is C27H34F2O6Si. The molecule has 0 fully saturated rings. The van der Waals surface area contributed by atoms with Gasteiger partial charge in [-0.05, 0) is 51.0 Å². The molecule has 36 heavy (non-hydrogen) atoms. The predicted molar refractivity (Wildman–Crippen MR) is 138 cm³/mol. The molecule has 2 aromatic carbocycles. The van der Waals surface area contributed by atoms with Gasteiger partial charge in [0.25, 0.3) is 0 Å². The molecule has 2 unspecified atom stereocenters. The number of hydrogen-bond donors (Lipinski definition) is 0. The van der Waals surface area contributed by atoms with Crippen molar-refractivity contribution in [3.8, 4) is 16.9 Å². The lowest BCUT2D eigenvalue weighted by atomic mass is 10.1.